The lowest BCUT2D eigenvalue weighted by atomic mass is 10.0. The molecule has 0 radical (unpaired) electrons. The number of ether oxygens (including phenoxy) is 13. The van der Waals surface area contributed by atoms with Crippen molar-refractivity contribution in [1.82, 2.24) is 0 Å². The summed E-state index contributed by atoms with van der Waals surface area (Å²) < 4.78 is 72.7. The molecule has 0 aromatic rings. The van der Waals surface area contributed by atoms with Crippen molar-refractivity contribution in [3.05, 3.63) is 0 Å². The highest BCUT2D eigenvalue weighted by molar-refractivity contribution is 14.1. The zero-order chi connectivity index (χ0) is 45.3. The first kappa shape index (κ1) is 62.7. The van der Waals surface area contributed by atoms with Crippen molar-refractivity contribution in [2.75, 3.05) is 170 Å². The van der Waals surface area contributed by atoms with Gasteiger partial charge in [-0.25, -0.2) is 0 Å². The smallest absolute Gasteiger partial charge is 0.305 e. The Morgan fingerprint density at radius 1 is 0.270 bits per heavy atom. The van der Waals surface area contributed by atoms with Crippen LogP contribution in [-0.2, 0) is 66.4 Å². The van der Waals surface area contributed by atoms with Gasteiger partial charge in [0, 0.05) is 13.0 Å². The van der Waals surface area contributed by atoms with E-state index in [0.29, 0.717) is 158 Å². The molecule has 0 aliphatic carbocycles. The summed E-state index contributed by atoms with van der Waals surface area (Å²) in [6, 6.07) is 0. The maximum absolute atomic E-state index is 11.9. The maximum Gasteiger partial charge on any atom is 0.305 e. The van der Waals surface area contributed by atoms with Gasteiger partial charge in [0.15, 0.2) is 0 Å². The minimum Gasteiger partial charge on any atom is -0.463 e. The van der Waals surface area contributed by atoms with E-state index in [4.69, 9.17) is 61.6 Å². The molecule has 0 aromatic carbocycles. The van der Waals surface area contributed by atoms with Crippen LogP contribution in [0.3, 0.4) is 0 Å². The second kappa shape index (κ2) is 59.7. The maximum atomic E-state index is 11.9. The Hall–Kier alpha value is -0.280. The van der Waals surface area contributed by atoms with Crippen molar-refractivity contribution < 1.29 is 66.4 Å². The Morgan fingerprint density at radius 3 is 0.778 bits per heavy atom. The lowest BCUT2D eigenvalue weighted by Gasteiger charge is -2.09. The standard InChI is InChI=1S/C48H95IO14/c1-2-3-4-5-6-7-8-9-10-11-12-13-14-15-18-21-48(50)63-47-46-62-45-44-61-43-42-60-41-40-59-39-38-58-37-36-57-35-34-56-33-32-55-31-30-54-29-28-53-27-26-52-25-24-51-23-20-17-16-19-22-49/h2-47H2,1H3. The normalized spacial score (nSPS) is 11.6. The van der Waals surface area contributed by atoms with E-state index in [0.717, 1.165) is 25.9 Å². The largest absolute Gasteiger partial charge is 0.463 e. The first-order valence-corrected chi connectivity index (χ1v) is 26.5. The van der Waals surface area contributed by atoms with Crippen LogP contribution >= 0.6 is 22.6 Å². The third-order valence-corrected chi connectivity index (χ3v) is 10.5. The molecular weight excluding hydrogens is 927 g/mol. The molecule has 0 spiro atoms. The number of alkyl halides is 1. The molecule has 0 rings (SSSR count). The molecule has 0 N–H and O–H groups in total. The number of esters is 1. The molecule has 63 heavy (non-hydrogen) atoms. The third kappa shape index (κ3) is 59.7. The summed E-state index contributed by atoms with van der Waals surface area (Å²) in [6.07, 6.45) is 25.2. The summed E-state index contributed by atoms with van der Waals surface area (Å²) in [4.78, 5) is 11.9. The van der Waals surface area contributed by atoms with E-state index in [9.17, 15) is 4.79 Å². The van der Waals surface area contributed by atoms with Gasteiger partial charge < -0.3 is 61.6 Å². The Morgan fingerprint density at radius 2 is 0.492 bits per heavy atom. The van der Waals surface area contributed by atoms with Crippen LogP contribution in [0.25, 0.3) is 0 Å². The molecule has 0 fully saturated rings. The van der Waals surface area contributed by atoms with Crippen molar-refractivity contribution in [3.63, 3.8) is 0 Å². The number of hydrogen-bond donors (Lipinski definition) is 0. The van der Waals surface area contributed by atoms with Crippen LogP contribution in [-0.4, -0.2) is 176 Å². The summed E-state index contributed by atoms with van der Waals surface area (Å²) in [6.45, 7) is 15.2. The van der Waals surface area contributed by atoms with Gasteiger partial charge >= 0.3 is 5.97 Å². The zero-order valence-corrected chi connectivity index (χ0v) is 42.3. The first-order chi connectivity index (χ1) is 31.3. The van der Waals surface area contributed by atoms with E-state index in [1.165, 1.54) is 107 Å². The minimum atomic E-state index is -0.130. The van der Waals surface area contributed by atoms with Crippen LogP contribution in [0.5, 0.6) is 0 Å². The van der Waals surface area contributed by atoms with Gasteiger partial charge in [0.05, 0.1) is 152 Å². The highest BCUT2D eigenvalue weighted by Gasteiger charge is 2.03. The number of unbranched alkanes of at least 4 members (excludes halogenated alkanes) is 17. The van der Waals surface area contributed by atoms with E-state index in [2.05, 4.69) is 29.5 Å². The number of halogens is 1. The molecule has 0 aliphatic heterocycles. The second-order valence-electron chi connectivity index (χ2n) is 15.4. The van der Waals surface area contributed by atoms with Gasteiger partial charge in [0.1, 0.15) is 6.61 Å². The van der Waals surface area contributed by atoms with Crippen molar-refractivity contribution >= 4 is 28.6 Å². The summed E-state index contributed by atoms with van der Waals surface area (Å²) >= 11 is 2.42. The number of hydrogen-bond acceptors (Lipinski definition) is 14. The summed E-state index contributed by atoms with van der Waals surface area (Å²) in [5, 5.41) is 0. The topological polar surface area (TPSA) is 137 Å². The monoisotopic (exact) mass is 1020 g/mol. The molecule has 0 amide bonds. The number of carbonyl (C=O) groups is 1. The van der Waals surface area contributed by atoms with Crippen LogP contribution < -0.4 is 0 Å². The fourth-order valence-corrected chi connectivity index (χ4v) is 6.64. The Kier molecular flexibility index (Phi) is 59.5. The fourth-order valence-electron chi connectivity index (χ4n) is 6.10. The molecule has 378 valence electrons. The number of rotatable bonds is 58. The van der Waals surface area contributed by atoms with Crippen LogP contribution in [0, 0.1) is 0 Å². The molecular formula is C48H95IO14. The predicted molar refractivity (Wildman–Crippen MR) is 258 cm³/mol. The quantitative estimate of drug-likeness (QED) is 0.0248. The molecule has 0 saturated heterocycles. The summed E-state index contributed by atoms with van der Waals surface area (Å²) in [7, 11) is 0. The minimum absolute atomic E-state index is 0.130. The van der Waals surface area contributed by atoms with E-state index < -0.39 is 0 Å². The van der Waals surface area contributed by atoms with E-state index in [-0.39, 0.29) is 12.6 Å². The molecule has 0 atom stereocenters. The lowest BCUT2D eigenvalue weighted by Crippen LogP contribution is -2.15. The van der Waals surface area contributed by atoms with Gasteiger partial charge in [-0.3, -0.25) is 4.79 Å². The van der Waals surface area contributed by atoms with Crippen molar-refractivity contribution in [1.29, 1.82) is 0 Å². The van der Waals surface area contributed by atoms with Crippen LogP contribution in [0.15, 0.2) is 0 Å². The molecule has 0 saturated carbocycles. The van der Waals surface area contributed by atoms with E-state index in [1.54, 1.807) is 0 Å². The first-order valence-electron chi connectivity index (χ1n) is 25.0. The Balaban J connectivity index is 3.12. The summed E-state index contributed by atoms with van der Waals surface area (Å²) in [5.74, 6) is -0.130. The van der Waals surface area contributed by atoms with Crippen molar-refractivity contribution in [3.8, 4) is 0 Å². The van der Waals surface area contributed by atoms with Crippen LogP contribution in [0.1, 0.15) is 135 Å². The Labute approximate surface area is 398 Å². The molecule has 0 aromatic heterocycles. The molecule has 15 heteroatoms. The second-order valence-corrected chi connectivity index (χ2v) is 16.5. The molecule has 0 bridgehead atoms. The number of carbonyl (C=O) groups excluding carboxylic acids is 1. The Bertz CT molecular complexity index is 834. The highest BCUT2D eigenvalue weighted by atomic mass is 127. The van der Waals surface area contributed by atoms with E-state index >= 15 is 0 Å². The van der Waals surface area contributed by atoms with Gasteiger partial charge in [-0.05, 0) is 23.7 Å². The fraction of sp³-hybridized carbons (Fsp3) is 0.979. The molecule has 14 nitrogen and oxygen atoms in total. The lowest BCUT2D eigenvalue weighted by molar-refractivity contribution is -0.145. The van der Waals surface area contributed by atoms with Crippen molar-refractivity contribution in [2.24, 2.45) is 0 Å². The van der Waals surface area contributed by atoms with Gasteiger partial charge in [-0.2, -0.15) is 0 Å². The van der Waals surface area contributed by atoms with Crippen LogP contribution in [0.2, 0.25) is 0 Å². The van der Waals surface area contributed by atoms with Gasteiger partial charge in [-0.1, -0.05) is 132 Å². The average molecular weight is 1020 g/mol. The third-order valence-electron chi connectivity index (χ3n) is 9.74. The molecule has 0 unspecified atom stereocenters. The van der Waals surface area contributed by atoms with E-state index in [1.807, 2.05) is 0 Å². The predicted octanol–water partition coefficient (Wildman–Crippen LogP) is 8.99. The highest BCUT2D eigenvalue weighted by Crippen LogP contribution is 2.14. The van der Waals surface area contributed by atoms with Gasteiger partial charge in [-0.15, -0.1) is 0 Å². The average Bonchev–Trinajstić information content (AvgIpc) is 3.29. The zero-order valence-electron chi connectivity index (χ0n) is 40.1. The van der Waals surface area contributed by atoms with Crippen molar-refractivity contribution in [2.45, 2.75) is 135 Å². The van der Waals surface area contributed by atoms with Gasteiger partial charge in [0.25, 0.3) is 0 Å². The molecule has 0 aliphatic rings. The molecule has 0 heterocycles. The van der Waals surface area contributed by atoms with Gasteiger partial charge in [0.2, 0.25) is 0 Å². The SMILES string of the molecule is CCCCCCCCCCCCCCCCCC(=O)OCCOCCOCCOCCOCCOCCOCCOCCOCCOCCOCCOCCOCCCCCCI. The van der Waals surface area contributed by atoms with Crippen LogP contribution in [0.4, 0.5) is 0 Å². The summed E-state index contributed by atoms with van der Waals surface area (Å²) in [5.41, 5.74) is 0.